The molecule has 10 heavy (non-hydrogen) atoms. The van der Waals surface area contributed by atoms with Gasteiger partial charge in [0.1, 0.15) is 6.79 Å². The molecule has 0 saturated carbocycles. The van der Waals surface area contributed by atoms with Gasteiger partial charge in [0.2, 0.25) is 0 Å². The van der Waals surface area contributed by atoms with E-state index in [1.165, 1.54) is 0 Å². The molecule has 0 heterocycles. The first kappa shape index (κ1) is 9.88. The summed E-state index contributed by atoms with van der Waals surface area (Å²) < 4.78 is 10.3. The molecule has 3 heteroatoms. The number of ether oxygens (including phenoxy) is 2. The summed E-state index contributed by atoms with van der Waals surface area (Å²) in [5.41, 5.74) is 5.15. The van der Waals surface area contributed by atoms with E-state index in [9.17, 15) is 0 Å². The fraction of sp³-hybridized carbons (Fsp3) is 1.00. The van der Waals surface area contributed by atoms with E-state index >= 15 is 0 Å². The Balaban J connectivity index is 3.28. The number of nitrogens with two attached hydrogens (primary N) is 1. The van der Waals surface area contributed by atoms with E-state index in [-0.39, 0.29) is 5.60 Å². The lowest BCUT2D eigenvalue weighted by Gasteiger charge is -2.22. The molecule has 0 bridgehead atoms. The molecule has 62 valence electrons. The molecule has 0 unspecified atom stereocenters. The average Bonchev–Trinajstić information content (AvgIpc) is 1.89. The second-order valence-electron chi connectivity index (χ2n) is 2.72. The third-order valence-electron chi connectivity index (χ3n) is 1.23. The summed E-state index contributed by atoms with van der Waals surface area (Å²) in [6.45, 7) is 7.33. The number of hydrogen-bond donors (Lipinski definition) is 1. The van der Waals surface area contributed by atoms with Crippen molar-refractivity contribution in [2.24, 2.45) is 5.73 Å². The zero-order chi connectivity index (χ0) is 8.04. The monoisotopic (exact) mass is 147 g/mol. The second-order valence-corrected chi connectivity index (χ2v) is 2.72. The molecule has 0 aliphatic carbocycles. The first-order chi connectivity index (χ1) is 4.62. The van der Waals surface area contributed by atoms with Crippen LogP contribution in [0.3, 0.4) is 0 Å². The van der Waals surface area contributed by atoms with Crippen molar-refractivity contribution in [1.82, 2.24) is 0 Å². The van der Waals surface area contributed by atoms with Crippen LogP contribution in [0.15, 0.2) is 0 Å². The van der Waals surface area contributed by atoms with Crippen molar-refractivity contribution in [3.05, 3.63) is 0 Å². The summed E-state index contributed by atoms with van der Waals surface area (Å²) >= 11 is 0. The van der Waals surface area contributed by atoms with Crippen molar-refractivity contribution in [3.63, 3.8) is 0 Å². The van der Waals surface area contributed by atoms with Gasteiger partial charge in [0.15, 0.2) is 0 Å². The number of rotatable bonds is 5. The summed E-state index contributed by atoms with van der Waals surface area (Å²) in [5.74, 6) is 0. The predicted octanol–water partition coefficient (Wildman–Crippen LogP) is 0.734. The lowest BCUT2D eigenvalue weighted by Crippen LogP contribution is -2.34. The van der Waals surface area contributed by atoms with Gasteiger partial charge in [0.25, 0.3) is 0 Å². The van der Waals surface area contributed by atoms with Gasteiger partial charge in [-0.05, 0) is 20.8 Å². The van der Waals surface area contributed by atoms with Gasteiger partial charge in [-0.2, -0.15) is 0 Å². The molecule has 0 aromatic heterocycles. The van der Waals surface area contributed by atoms with E-state index in [0.29, 0.717) is 19.9 Å². The minimum atomic E-state index is -0.255. The summed E-state index contributed by atoms with van der Waals surface area (Å²) in [6.07, 6.45) is 0. The smallest absolute Gasteiger partial charge is 0.147 e. The van der Waals surface area contributed by atoms with E-state index in [2.05, 4.69) is 0 Å². The van der Waals surface area contributed by atoms with Gasteiger partial charge in [-0.15, -0.1) is 0 Å². The van der Waals surface area contributed by atoms with Gasteiger partial charge in [-0.1, -0.05) is 0 Å². The summed E-state index contributed by atoms with van der Waals surface area (Å²) in [6, 6.07) is 0. The van der Waals surface area contributed by atoms with Crippen LogP contribution in [0.2, 0.25) is 0 Å². The van der Waals surface area contributed by atoms with Crippen LogP contribution in [0.5, 0.6) is 0 Å². The Morgan fingerprint density at radius 1 is 1.40 bits per heavy atom. The van der Waals surface area contributed by atoms with Gasteiger partial charge in [0.05, 0.1) is 5.60 Å². The van der Waals surface area contributed by atoms with Crippen molar-refractivity contribution in [1.29, 1.82) is 0 Å². The highest BCUT2D eigenvalue weighted by Crippen LogP contribution is 2.05. The van der Waals surface area contributed by atoms with Gasteiger partial charge in [-0.25, -0.2) is 0 Å². The van der Waals surface area contributed by atoms with Crippen LogP contribution in [-0.4, -0.2) is 25.5 Å². The zero-order valence-corrected chi connectivity index (χ0v) is 7.02. The van der Waals surface area contributed by atoms with Crippen molar-refractivity contribution >= 4 is 0 Å². The highest BCUT2D eigenvalue weighted by atomic mass is 16.7. The third kappa shape index (κ3) is 4.73. The van der Waals surface area contributed by atoms with Crippen molar-refractivity contribution < 1.29 is 9.47 Å². The van der Waals surface area contributed by atoms with Gasteiger partial charge in [-0.3, -0.25) is 0 Å². The van der Waals surface area contributed by atoms with Crippen molar-refractivity contribution in [2.75, 3.05) is 19.9 Å². The molecule has 0 rings (SSSR count). The van der Waals surface area contributed by atoms with Crippen LogP contribution >= 0.6 is 0 Å². The normalized spacial score (nSPS) is 12.0. The average molecular weight is 147 g/mol. The molecule has 0 atom stereocenters. The third-order valence-corrected chi connectivity index (χ3v) is 1.23. The minimum absolute atomic E-state index is 0.255. The SMILES string of the molecule is CCOCOC(C)(C)CN. The van der Waals surface area contributed by atoms with E-state index in [4.69, 9.17) is 15.2 Å². The molecule has 2 N–H and O–H groups in total. The van der Waals surface area contributed by atoms with E-state index in [1.54, 1.807) is 0 Å². The Hall–Kier alpha value is -0.120. The Bertz CT molecular complexity index is 83.7. The predicted molar refractivity (Wildman–Crippen MR) is 40.7 cm³/mol. The topological polar surface area (TPSA) is 44.5 Å². The highest BCUT2D eigenvalue weighted by Gasteiger charge is 2.14. The molecular formula is C7H17NO2. The lowest BCUT2D eigenvalue weighted by atomic mass is 10.1. The molecule has 0 radical (unpaired) electrons. The molecule has 0 aromatic carbocycles. The van der Waals surface area contributed by atoms with E-state index in [0.717, 1.165) is 0 Å². The van der Waals surface area contributed by atoms with E-state index in [1.807, 2.05) is 20.8 Å². The van der Waals surface area contributed by atoms with E-state index < -0.39 is 0 Å². The fourth-order valence-corrected chi connectivity index (χ4v) is 0.343. The molecule has 0 amide bonds. The maximum absolute atomic E-state index is 5.41. The Morgan fingerprint density at radius 2 is 2.00 bits per heavy atom. The fourth-order valence-electron chi connectivity index (χ4n) is 0.343. The highest BCUT2D eigenvalue weighted by molar-refractivity contribution is 4.67. The largest absolute Gasteiger partial charge is 0.356 e. The molecule has 0 aromatic rings. The quantitative estimate of drug-likeness (QED) is 0.460. The molecular weight excluding hydrogens is 130 g/mol. The zero-order valence-electron chi connectivity index (χ0n) is 7.02. The summed E-state index contributed by atoms with van der Waals surface area (Å²) in [5, 5.41) is 0. The maximum atomic E-state index is 5.41. The summed E-state index contributed by atoms with van der Waals surface area (Å²) in [4.78, 5) is 0. The van der Waals surface area contributed by atoms with Gasteiger partial charge < -0.3 is 15.2 Å². The molecule has 0 spiro atoms. The van der Waals surface area contributed by atoms with Crippen LogP contribution in [0.1, 0.15) is 20.8 Å². The number of hydrogen-bond acceptors (Lipinski definition) is 3. The summed E-state index contributed by atoms with van der Waals surface area (Å²) in [7, 11) is 0. The molecule has 0 aliphatic heterocycles. The van der Waals surface area contributed by atoms with Crippen LogP contribution < -0.4 is 5.73 Å². The van der Waals surface area contributed by atoms with Crippen molar-refractivity contribution in [2.45, 2.75) is 26.4 Å². The van der Waals surface area contributed by atoms with Crippen LogP contribution in [0, 0.1) is 0 Å². The molecule has 3 nitrogen and oxygen atoms in total. The first-order valence-electron chi connectivity index (χ1n) is 3.54. The first-order valence-corrected chi connectivity index (χ1v) is 3.54. The lowest BCUT2D eigenvalue weighted by molar-refractivity contribution is -0.120. The molecule has 0 fully saturated rings. The second kappa shape index (κ2) is 4.66. The van der Waals surface area contributed by atoms with Crippen LogP contribution in [0.4, 0.5) is 0 Å². The molecule has 0 saturated heterocycles. The minimum Gasteiger partial charge on any atom is -0.356 e. The Labute approximate surface area is 62.5 Å². The maximum Gasteiger partial charge on any atom is 0.147 e. The Kier molecular flexibility index (Phi) is 4.60. The van der Waals surface area contributed by atoms with Crippen LogP contribution in [-0.2, 0) is 9.47 Å². The van der Waals surface area contributed by atoms with Crippen LogP contribution in [0.25, 0.3) is 0 Å². The Morgan fingerprint density at radius 3 is 2.40 bits per heavy atom. The van der Waals surface area contributed by atoms with Gasteiger partial charge >= 0.3 is 0 Å². The van der Waals surface area contributed by atoms with Gasteiger partial charge in [0, 0.05) is 13.2 Å². The molecule has 0 aliphatic rings. The standard InChI is InChI=1S/C7H17NO2/c1-4-9-6-10-7(2,3)5-8/h4-6,8H2,1-3H3. The van der Waals surface area contributed by atoms with Crippen molar-refractivity contribution in [3.8, 4) is 0 Å².